The van der Waals surface area contributed by atoms with Crippen molar-refractivity contribution in [1.82, 2.24) is 0 Å². The average molecular weight is 360 g/mol. The van der Waals surface area contributed by atoms with Gasteiger partial charge in [-0.25, -0.2) is 8.78 Å². The Morgan fingerprint density at radius 3 is 2.60 bits per heavy atom. The molecule has 0 amide bonds. The lowest BCUT2D eigenvalue weighted by atomic mass is 9.87. The maximum Gasteiger partial charge on any atom is 0.149 e. The van der Waals surface area contributed by atoms with Gasteiger partial charge in [0.2, 0.25) is 0 Å². The Labute approximate surface area is 128 Å². The Bertz CT molecular complexity index is 705. The fourth-order valence-corrected chi connectivity index (χ4v) is 3.22. The van der Waals surface area contributed by atoms with E-state index in [-0.39, 0.29) is 16.4 Å². The largest absolute Gasteiger partial charge is 0.380 e. The van der Waals surface area contributed by atoms with E-state index in [4.69, 9.17) is 11.6 Å². The van der Waals surface area contributed by atoms with E-state index in [0.29, 0.717) is 28.4 Å². The normalized spacial score (nSPS) is 21.1. The molecule has 0 heterocycles. The van der Waals surface area contributed by atoms with E-state index in [1.165, 1.54) is 24.3 Å². The summed E-state index contributed by atoms with van der Waals surface area (Å²) >= 11 is 9.03. The molecule has 0 radical (unpaired) electrons. The van der Waals surface area contributed by atoms with Crippen LogP contribution in [0.2, 0.25) is 5.02 Å². The van der Waals surface area contributed by atoms with Gasteiger partial charge in [-0.05, 0) is 58.1 Å². The first-order valence-corrected chi connectivity index (χ1v) is 7.26. The van der Waals surface area contributed by atoms with Crippen molar-refractivity contribution in [3.8, 4) is 0 Å². The third-order valence-electron chi connectivity index (χ3n) is 3.75. The van der Waals surface area contributed by atoms with Gasteiger partial charge in [0.15, 0.2) is 0 Å². The van der Waals surface area contributed by atoms with E-state index in [1.807, 2.05) is 0 Å². The van der Waals surface area contributed by atoms with Crippen LogP contribution in [0.1, 0.15) is 23.1 Å². The second-order valence-electron chi connectivity index (χ2n) is 4.88. The molecule has 1 nitrogen and oxygen atoms in total. The van der Waals surface area contributed by atoms with Gasteiger partial charge in [0.25, 0.3) is 0 Å². The summed E-state index contributed by atoms with van der Waals surface area (Å²) in [4.78, 5) is 0. The van der Waals surface area contributed by atoms with Crippen LogP contribution in [-0.2, 0) is 12.0 Å². The summed E-state index contributed by atoms with van der Waals surface area (Å²) < 4.78 is 28.0. The SMILES string of the molecule is OC1(c2ccc(Br)c(Cl)c2F)CCc2cc(F)ccc21. The Kier molecular flexibility index (Phi) is 3.35. The number of fused-ring (bicyclic) bond motifs is 1. The van der Waals surface area contributed by atoms with E-state index >= 15 is 0 Å². The smallest absolute Gasteiger partial charge is 0.149 e. The van der Waals surface area contributed by atoms with Crippen LogP contribution in [0, 0.1) is 11.6 Å². The summed E-state index contributed by atoms with van der Waals surface area (Å²) in [6.07, 6.45) is 0.803. The van der Waals surface area contributed by atoms with Crippen molar-refractivity contribution >= 4 is 27.5 Å². The molecule has 1 unspecified atom stereocenters. The highest BCUT2D eigenvalue weighted by Gasteiger charge is 2.41. The van der Waals surface area contributed by atoms with Crippen LogP contribution in [0.15, 0.2) is 34.8 Å². The third-order valence-corrected chi connectivity index (χ3v) is 5.01. The molecule has 1 aliphatic carbocycles. The van der Waals surface area contributed by atoms with Gasteiger partial charge in [-0.15, -0.1) is 0 Å². The quantitative estimate of drug-likeness (QED) is 0.740. The molecule has 5 heteroatoms. The van der Waals surface area contributed by atoms with Gasteiger partial charge < -0.3 is 5.11 Å². The number of rotatable bonds is 1. The number of benzene rings is 2. The van der Waals surface area contributed by atoms with Crippen molar-refractivity contribution in [3.63, 3.8) is 0 Å². The molecule has 0 aromatic heterocycles. The third kappa shape index (κ3) is 1.98. The van der Waals surface area contributed by atoms with Crippen LogP contribution in [0.25, 0.3) is 0 Å². The van der Waals surface area contributed by atoms with E-state index in [1.54, 1.807) is 6.07 Å². The molecule has 0 aliphatic heterocycles. The number of halogens is 4. The molecule has 0 fully saturated rings. The van der Waals surface area contributed by atoms with Crippen LogP contribution in [-0.4, -0.2) is 5.11 Å². The standard InChI is InChI=1S/C15H10BrClF2O/c16-12-4-3-11(14(19)13(12)17)15(20)6-5-8-7-9(18)1-2-10(8)15/h1-4,7,20H,5-6H2. The van der Waals surface area contributed by atoms with Crippen molar-refractivity contribution < 1.29 is 13.9 Å². The molecule has 0 saturated heterocycles. The molecule has 0 bridgehead atoms. The summed E-state index contributed by atoms with van der Waals surface area (Å²) in [5, 5.41) is 10.8. The average Bonchev–Trinajstić information content (AvgIpc) is 2.74. The highest BCUT2D eigenvalue weighted by Crippen LogP contribution is 2.44. The summed E-state index contributed by atoms with van der Waals surface area (Å²) in [6.45, 7) is 0. The molecular weight excluding hydrogens is 350 g/mol. The Morgan fingerprint density at radius 1 is 1.15 bits per heavy atom. The first kappa shape index (κ1) is 14.0. The predicted molar refractivity (Wildman–Crippen MR) is 76.8 cm³/mol. The number of hydrogen-bond acceptors (Lipinski definition) is 1. The number of aryl methyl sites for hydroxylation is 1. The maximum atomic E-state index is 14.3. The van der Waals surface area contributed by atoms with Crippen LogP contribution in [0.4, 0.5) is 8.78 Å². The molecular formula is C15H10BrClF2O. The van der Waals surface area contributed by atoms with E-state index in [2.05, 4.69) is 15.9 Å². The van der Waals surface area contributed by atoms with Gasteiger partial charge in [-0.3, -0.25) is 0 Å². The summed E-state index contributed by atoms with van der Waals surface area (Å²) in [6, 6.07) is 7.26. The molecule has 0 spiro atoms. The van der Waals surface area contributed by atoms with Gasteiger partial charge in [0, 0.05) is 10.0 Å². The second kappa shape index (κ2) is 4.79. The van der Waals surface area contributed by atoms with E-state index < -0.39 is 11.4 Å². The Morgan fingerprint density at radius 2 is 1.85 bits per heavy atom. The molecule has 104 valence electrons. The second-order valence-corrected chi connectivity index (χ2v) is 6.12. The molecule has 1 N–H and O–H groups in total. The molecule has 3 rings (SSSR count). The first-order valence-electron chi connectivity index (χ1n) is 6.09. The van der Waals surface area contributed by atoms with Gasteiger partial charge in [0.05, 0.1) is 5.02 Å². The van der Waals surface area contributed by atoms with Crippen molar-refractivity contribution in [2.75, 3.05) is 0 Å². The molecule has 1 atom stereocenters. The van der Waals surface area contributed by atoms with Crippen LogP contribution in [0.5, 0.6) is 0 Å². The molecule has 0 saturated carbocycles. The lowest BCUT2D eigenvalue weighted by Gasteiger charge is -2.25. The number of hydrogen-bond donors (Lipinski definition) is 1. The van der Waals surface area contributed by atoms with E-state index in [9.17, 15) is 13.9 Å². The van der Waals surface area contributed by atoms with Crippen molar-refractivity contribution in [3.05, 3.63) is 68.2 Å². The zero-order valence-electron chi connectivity index (χ0n) is 10.3. The predicted octanol–water partition coefficient (Wildman–Crippen LogP) is 4.56. The minimum Gasteiger partial charge on any atom is -0.380 e. The monoisotopic (exact) mass is 358 g/mol. The maximum absolute atomic E-state index is 14.3. The summed E-state index contributed by atoms with van der Waals surface area (Å²) in [5.41, 5.74) is -0.101. The molecule has 2 aromatic carbocycles. The minimum atomic E-state index is -1.46. The minimum absolute atomic E-state index is 0.0634. The molecule has 20 heavy (non-hydrogen) atoms. The van der Waals surface area contributed by atoms with Crippen LogP contribution in [0.3, 0.4) is 0 Å². The Balaban J connectivity index is 2.19. The van der Waals surface area contributed by atoms with Gasteiger partial charge in [0.1, 0.15) is 17.2 Å². The first-order chi connectivity index (χ1) is 9.43. The molecule has 1 aliphatic rings. The summed E-state index contributed by atoms with van der Waals surface area (Å²) in [7, 11) is 0. The van der Waals surface area contributed by atoms with Gasteiger partial charge in [-0.1, -0.05) is 23.7 Å². The highest BCUT2D eigenvalue weighted by molar-refractivity contribution is 9.10. The topological polar surface area (TPSA) is 20.2 Å². The lowest BCUT2D eigenvalue weighted by Crippen LogP contribution is -2.25. The lowest BCUT2D eigenvalue weighted by molar-refractivity contribution is 0.0789. The van der Waals surface area contributed by atoms with Gasteiger partial charge >= 0.3 is 0 Å². The van der Waals surface area contributed by atoms with Gasteiger partial charge in [-0.2, -0.15) is 0 Å². The van der Waals surface area contributed by atoms with E-state index in [0.717, 1.165) is 0 Å². The highest BCUT2D eigenvalue weighted by atomic mass is 79.9. The fourth-order valence-electron chi connectivity index (χ4n) is 2.75. The number of aliphatic hydroxyl groups is 1. The summed E-state index contributed by atoms with van der Waals surface area (Å²) in [5.74, 6) is -1.01. The van der Waals surface area contributed by atoms with Crippen molar-refractivity contribution in [1.29, 1.82) is 0 Å². The zero-order valence-corrected chi connectivity index (χ0v) is 12.6. The van der Waals surface area contributed by atoms with Crippen LogP contribution < -0.4 is 0 Å². The Hall–Kier alpha value is -0.970. The fraction of sp³-hybridized carbons (Fsp3) is 0.200. The molecule has 2 aromatic rings. The zero-order chi connectivity index (χ0) is 14.5. The van der Waals surface area contributed by atoms with Crippen molar-refractivity contribution in [2.45, 2.75) is 18.4 Å². The van der Waals surface area contributed by atoms with Crippen molar-refractivity contribution in [2.24, 2.45) is 0 Å². The van der Waals surface area contributed by atoms with Crippen LogP contribution >= 0.6 is 27.5 Å².